The van der Waals surface area contributed by atoms with Crippen molar-refractivity contribution in [2.45, 2.75) is 38.3 Å². The summed E-state index contributed by atoms with van der Waals surface area (Å²) in [4.78, 5) is 14.1. The third kappa shape index (κ3) is 3.02. The van der Waals surface area contributed by atoms with Gasteiger partial charge in [-0.05, 0) is 23.1 Å². The summed E-state index contributed by atoms with van der Waals surface area (Å²) in [6.45, 7) is 7.64. The summed E-state index contributed by atoms with van der Waals surface area (Å²) in [6, 6.07) is 7.60. The van der Waals surface area contributed by atoms with Crippen LogP contribution in [-0.4, -0.2) is 48.2 Å². The van der Waals surface area contributed by atoms with Gasteiger partial charge in [0, 0.05) is 25.7 Å². The number of hydrogen-bond acceptors (Lipinski definition) is 3. The smallest absolute Gasteiger partial charge is 0.253 e. The van der Waals surface area contributed by atoms with Gasteiger partial charge in [0.15, 0.2) is 0 Å². The maximum Gasteiger partial charge on any atom is 0.253 e. The van der Waals surface area contributed by atoms with Gasteiger partial charge >= 0.3 is 0 Å². The number of β-amino-alcohol motifs (C(OH)–C–C–N with tert-alkyl or cyclic N) is 1. The lowest BCUT2D eigenvalue weighted by Crippen LogP contribution is -2.44. The first-order valence-corrected chi connectivity index (χ1v) is 7.07. The van der Waals surface area contributed by atoms with E-state index >= 15 is 0 Å². The van der Waals surface area contributed by atoms with Gasteiger partial charge in [0.25, 0.3) is 5.91 Å². The molecule has 20 heavy (non-hydrogen) atoms. The molecule has 0 spiro atoms. The SMILES string of the molecule is CN(C(=O)c1ccc(C(C)(C)C)cc1)[C@H]1CNC[C@@H]1O. The Morgan fingerprint density at radius 1 is 1.25 bits per heavy atom. The van der Waals surface area contributed by atoms with Crippen molar-refractivity contribution in [3.05, 3.63) is 35.4 Å². The molecule has 1 aromatic rings. The van der Waals surface area contributed by atoms with Crippen LogP contribution < -0.4 is 5.32 Å². The largest absolute Gasteiger partial charge is 0.390 e. The Morgan fingerprint density at radius 2 is 1.85 bits per heavy atom. The van der Waals surface area contributed by atoms with Crippen LogP contribution in [0.1, 0.15) is 36.7 Å². The number of nitrogens with zero attached hydrogens (tertiary/aromatic N) is 1. The first kappa shape index (κ1) is 15.0. The number of aliphatic hydroxyl groups is 1. The van der Waals surface area contributed by atoms with Crippen molar-refractivity contribution in [1.29, 1.82) is 0 Å². The molecule has 0 radical (unpaired) electrons. The van der Waals surface area contributed by atoms with Gasteiger partial charge in [-0.1, -0.05) is 32.9 Å². The summed E-state index contributed by atoms with van der Waals surface area (Å²) < 4.78 is 0. The highest BCUT2D eigenvalue weighted by Crippen LogP contribution is 2.22. The fraction of sp³-hybridized carbons (Fsp3) is 0.562. The summed E-state index contributed by atoms with van der Waals surface area (Å²) in [7, 11) is 1.75. The summed E-state index contributed by atoms with van der Waals surface area (Å²) in [5, 5.41) is 12.9. The third-order valence-corrected chi connectivity index (χ3v) is 3.97. The van der Waals surface area contributed by atoms with Crippen molar-refractivity contribution in [2.75, 3.05) is 20.1 Å². The van der Waals surface area contributed by atoms with Crippen LogP contribution in [0.4, 0.5) is 0 Å². The Labute approximate surface area is 120 Å². The van der Waals surface area contributed by atoms with Gasteiger partial charge in [0.2, 0.25) is 0 Å². The second kappa shape index (κ2) is 5.54. The van der Waals surface area contributed by atoms with Crippen molar-refractivity contribution in [1.82, 2.24) is 10.2 Å². The summed E-state index contributed by atoms with van der Waals surface area (Å²) in [6.07, 6.45) is -0.488. The third-order valence-electron chi connectivity index (χ3n) is 3.97. The monoisotopic (exact) mass is 276 g/mol. The molecule has 0 saturated carbocycles. The fourth-order valence-corrected chi connectivity index (χ4v) is 2.51. The number of nitrogens with one attached hydrogen (secondary N) is 1. The van der Waals surface area contributed by atoms with Crippen LogP contribution in [0.15, 0.2) is 24.3 Å². The van der Waals surface area contributed by atoms with Gasteiger partial charge in [-0.2, -0.15) is 0 Å². The molecule has 1 aliphatic heterocycles. The van der Waals surface area contributed by atoms with Crippen molar-refractivity contribution >= 4 is 5.91 Å². The van der Waals surface area contributed by atoms with Crippen LogP contribution >= 0.6 is 0 Å². The number of carbonyl (C=O) groups is 1. The van der Waals surface area contributed by atoms with E-state index in [0.717, 1.165) is 0 Å². The van der Waals surface area contributed by atoms with E-state index < -0.39 is 6.10 Å². The molecule has 2 rings (SSSR count). The maximum absolute atomic E-state index is 12.4. The minimum Gasteiger partial charge on any atom is -0.390 e. The van der Waals surface area contributed by atoms with E-state index in [1.54, 1.807) is 11.9 Å². The van der Waals surface area contributed by atoms with Gasteiger partial charge in [-0.25, -0.2) is 0 Å². The molecular formula is C16H24N2O2. The first-order valence-electron chi connectivity index (χ1n) is 7.07. The zero-order valence-corrected chi connectivity index (χ0v) is 12.7. The minimum atomic E-state index is -0.488. The highest BCUT2D eigenvalue weighted by molar-refractivity contribution is 5.94. The Bertz CT molecular complexity index is 476. The lowest BCUT2D eigenvalue weighted by molar-refractivity contribution is 0.0581. The van der Waals surface area contributed by atoms with Crippen LogP contribution in [0, 0.1) is 0 Å². The molecule has 0 aromatic heterocycles. The zero-order chi connectivity index (χ0) is 14.9. The zero-order valence-electron chi connectivity index (χ0n) is 12.7. The Kier molecular flexibility index (Phi) is 4.16. The average molecular weight is 276 g/mol. The second-order valence-corrected chi connectivity index (χ2v) is 6.54. The lowest BCUT2D eigenvalue weighted by atomic mass is 9.86. The van der Waals surface area contributed by atoms with Crippen LogP contribution in [0.3, 0.4) is 0 Å². The van der Waals surface area contributed by atoms with E-state index in [2.05, 4.69) is 26.1 Å². The molecule has 110 valence electrons. The van der Waals surface area contributed by atoms with Crippen LogP contribution in [0.5, 0.6) is 0 Å². The number of amides is 1. The van der Waals surface area contributed by atoms with Crippen molar-refractivity contribution in [3.8, 4) is 0 Å². The predicted molar refractivity (Wildman–Crippen MR) is 79.9 cm³/mol. The molecule has 1 heterocycles. The lowest BCUT2D eigenvalue weighted by Gasteiger charge is -2.27. The highest BCUT2D eigenvalue weighted by Gasteiger charge is 2.31. The summed E-state index contributed by atoms with van der Waals surface area (Å²) in [5.74, 6) is -0.0433. The van der Waals surface area contributed by atoms with E-state index in [1.165, 1.54) is 5.56 Å². The quantitative estimate of drug-likeness (QED) is 0.858. The van der Waals surface area contributed by atoms with E-state index in [9.17, 15) is 9.90 Å². The number of aliphatic hydroxyl groups excluding tert-OH is 1. The molecule has 1 aromatic carbocycles. The molecule has 1 fully saturated rings. The van der Waals surface area contributed by atoms with Crippen molar-refractivity contribution in [3.63, 3.8) is 0 Å². The van der Waals surface area contributed by atoms with Crippen LogP contribution in [-0.2, 0) is 5.41 Å². The van der Waals surface area contributed by atoms with E-state index in [1.807, 2.05) is 24.3 Å². The second-order valence-electron chi connectivity index (χ2n) is 6.54. The van der Waals surface area contributed by atoms with Crippen LogP contribution in [0.2, 0.25) is 0 Å². The van der Waals surface area contributed by atoms with Gasteiger partial charge in [-0.15, -0.1) is 0 Å². The first-order chi connectivity index (χ1) is 9.30. The number of benzene rings is 1. The molecule has 2 N–H and O–H groups in total. The van der Waals surface area contributed by atoms with Crippen LogP contribution in [0.25, 0.3) is 0 Å². The summed E-state index contributed by atoms with van der Waals surface area (Å²) in [5.41, 5.74) is 1.96. The Hall–Kier alpha value is -1.39. The summed E-state index contributed by atoms with van der Waals surface area (Å²) >= 11 is 0. The van der Waals surface area contributed by atoms with Gasteiger partial charge in [0.1, 0.15) is 0 Å². The number of likely N-dealkylation sites (N-methyl/N-ethyl adjacent to an activating group) is 1. The molecule has 4 nitrogen and oxygen atoms in total. The molecule has 0 unspecified atom stereocenters. The molecule has 1 amide bonds. The molecule has 0 bridgehead atoms. The van der Waals surface area contributed by atoms with Crippen molar-refractivity contribution < 1.29 is 9.90 Å². The molecule has 4 heteroatoms. The van der Waals surface area contributed by atoms with E-state index in [-0.39, 0.29) is 17.4 Å². The molecular weight excluding hydrogens is 252 g/mol. The van der Waals surface area contributed by atoms with E-state index in [4.69, 9.17) is 0 Å². The minimum absolute atomic E-state index is 0.0433. The maximum atomic E-state index is 12.4. The highest BCUT2D eigenvalue weighted by atomic mass is 16.3. The normalized spacial score (nSPS) is 22.9. The molecule has 1 aliphatic rings. The number of rotatable bonds is 2. The van der Waals surface area contributed by atoms with Gasteiger partial charge < -0.3 is 15.3 Å². The van der Waals surface area contributed by atoms with Gasteiger partial charge in [0.05, 0.1) is 12.1 Å². The average Bonchev–Trinajstić information content (AvgIpc) is 2.82. The van der Waals surface area contributed by atoms with E-state index in [0.29, 0.717) is 18.7 Å². The molecule has 1 saturated heterocycles. The standard InChI is InChI=1S/C16H24N2O2/c1-16(2,3)12-7-5-11(6-8-12)15(20)18(4)13-9-17-10-14(13)19/h5-8,13-14,17,19H,9-10H2,1-4H3/t13-,14-/m0/s1. The van der Waals surface area contributed by atoms with Gasteiger partial charge in [-0.3, -0.25) is 4.79 Å². The number of carbonyl (C=O) groups excluding carboxylic acids is 1. The number of hydrogen-bond donors (Lipinski definition) is 2. The molecule has 0 aliphatic carbocycles. The van der Waals surface area contributed by atoms with Crippen molar-refractivity contribution in [2.24, 2.45) is 0 Å². The Balaban J connectivity index is 2.13. The molecule has 2 atom stereocenters. The fourth-order valence-electron chi connectivity index (χ4n) is 2.51. The topological polar surface area (TPSA) is 52.6 Å². The Morgan fingerprint density at radius 3 is 2.30 bits per heavy atom. The predicted octanol–water partition coefficient (Wildman–Crippen LogP) is 1.39.